The van der Waals surface area contributed by atoms with Gasteiger partial charge in [-0.05, 0) is 36.4 Å². The fourth-order valence-corrected chi connectivity index (χ4v) is 2.30. The second kappa shape index (κ2) is 6.77. The van der Waals surface area contributed by atoms with E-state index in [0.717, 1.165) is 4.90 Å². The molecule has 0 saturated heterocycles. The molecule has 0 spiro atoms. The highest BCUT2D eigenvalue weighted by atomic mass is 32.2. The lowest BCUT2D eigenvalue weighted by atomic mass is 10.2. The average Bonchev–Trinajstić information content (AvgIpc) is 2.47. The van der Waals surface area contributed by atoms with Crippen molar-refractivity contribution in [2.75, 3.05) is 11.1 Å². The van der Waals surface area contributed by atoms with Crippen LogP contribution in [-0.4, -0.2) is 17.6 Å². The Hall–Kier alpha value is -2.27. The number of nitrogens with one attached hydrogen (secondary N) is 1. The van der Waals surface area contributed by atoms with Crippen molar-refractivity contribution in [2.45, 2.75) is 4.90 Å². The van der Waals surface area contributed by atoms with Crippen LogP contribution < -0.4 is 11.1 Å². The van der Waals surface area contributed by atoms with Crippen LogP contribution in [-0.2, 0) is 4.79 Å². The first-order chi connectivity index (χ1) is 9.65. The molecule has 0 atom stereocenters. The molecular formula is C15H14N2O2S. The molecule has 0 unspecified atom stereocenters. The number of nitrogens with two attached hydrogens (primary N) is 1. The Labute approximate surface area is 121 Å². The molecule has 5 heteroatoms. The molecule has 0 bridgehead atoms. The van der Waals surface area contributed by atoms with Gasteiger partial charge in [-0.1, -0.05) is 18.2 Å². The Balaban J connectivity index is 1.86. The van der Waals surface area contributed by atoms with Gasteiger partial charge in [0.1, 0.15) is 0 Å². The third-order valence-corrected chi connectivity index (χ3v) is 3.58. The fourth-order valence-electron chi connectivity index (χ4n) is 1.58. The van der Waals surface area contributed by atoms with Gasteiger partial charge in [0.15, 0.2) is 0 Å². The van der Waals surface area contributed by atoms with E-state index in [9.17, 15) is 9.59 Å². The molecule has 2 aromatic rings. The molecule has 20 heavy (non-hydrogen) atoms. The van der Waals surface area contributed by atoms with Crippen molar-refractivity contribution >= 4 is 29.3 Å². The second-order valence-corrected chi connectivity index (χ2v) is 5.14. The van der Waals surface area contributed by atoms with E-state index < -0.39 is 5.91 Å². The summed E-state index contributed by atoms with van der Waals surface area (Å²) >= 11 is 1.47. The van der Waals surface area contributed by atoms with E-state index in [-0.39, 0.29) is 5.91 Å². The van der Waals surface area contributed by atoms with E-state index in [1.54, 1.807) is 24.3 Å². The molecule has 0 saturated carbocycles. The van der Waals surface area contributed by atoms with Crippen LogP contribution in [0, 0.1) is 0 Å². The van der Waals surface area contributed by atoms with Crippen molar-refractivity contribution in [3.63, 3.8) is 0 Å². The van der Waals surface area contributed by atoms with Gasteiger partial charge >= 0.3 is 0 Å². The molecule has 2 rings (SSSR count). The predicted molar refractivity (Wildman–Crippen MR) is 80.8 cm³/mol. The first-order valence-corrected chi connectivity index (χ1v) is 7.01. The zero-order chi connectivity index (χ0) is 14.4. The molecule has 0 radical (unpaired) electrons. The van der Waals surface area contributed by atoms with E-state index in [2.05, 4.69) is 5.32 Å². The zero-order valence-electron chi connectivity index (χ0n) is 10.7. The van der Waals surface area contributed by atoms with Crippen molar-refractivity contribution < 1.29 is 9.59 Å². The maximum Gasteiger partial charge on any atom is 0.248 e. The molecule has 3 N–H and O–H groups in total. The number of hydrogen-bond acceptors (Lipinski definition) is 3. The number of thioether (sulfide) groups is 1. The number of primary amides is 1. The van der Waals surface area contributed by atoms with Crippen LogP contribution in [0.1, 0.15) is 10.4 Å². The van der Waals surface area contributed by atoms with E-state index in [1.807, 2.05) is 30.3 Å². The second-order valence-electron chi connectivity index (χ2n) is 4.09. The number of benzene rings is 2. The smallest absolute Gasteiger partial charge is 0.248 e. The quantitative estimate of drug-likeness (QED) is 0.830. The molecule has 2 amide bonds. The fraction of sp³-hybridized carbons (Fsp3) is 0.0667. The highest BCUT2D eigenvalue weighted by molar-refractivity contribution is 8.00. The van der Waals surface area contributed by atoms with Gasteiger partial charge < -0.3 is 11.1 Å². The highest BCUT2D eigenvalue weighted by Gasteiger charge is 2.04. The minimum absolute atomic E-state index is 0.0920. The van der Waals surface area contributed by atoms with Crippen LogP contribution in [0.5, 0.6) is 0 Å². The Morgan fingerprint density at radius 1 is 1.00 bits per heavy atom. The summed E-state index contributed by atoms with van der Waals surface area (Å²) in [4.78, 5) is 23.8. The minimum Gasteiger partial charge on any atom is -0.366 e. The minimum atomic E-state index is -0.484. The van der Waals surface area contributed by atoms with Gasteiger partial charge in [-0.2, -0.15) is 0 Å². The summed E-state index contributed by atoms with van der Waals surface area (Å²) in [7, 11) is 0. The maximum atomic E-state index is 11.8. The summed E-state index contributed by atoms with van der Waals surface area (Å²) in [6.45, 7) is 0. The molecular weight excluding hydrogens is 272 g/mol. The zero-order valence-corrected chi connectivity index (χ0v) is 11.5. The van der Waals surface area contributed by atoms with Crippen LogP contribution in [0.4, 0.5) is 5.69 Å². The van der Waals surface area contributed by atoms with Crippen molar-refractivity contribution in [3.05, 3.63) is 60.2 Å². The monoisotopic (exact) mass is 286 g/mol. The van der Waals surface area contributed by atoms with Crippen LogP contribution >= 0.6 is 11.8 Å². The van der Waals surface area contributed by atoms with Gasteiger partial charge in [0.2, 0.25) is 11.8 Å². The van der Waals surface area contributed by atoms with Crippen LogP contribution in [0.25, 0.3) is 0 Å². The summed E-state index contributed by atoms with van der Waals surface area (Å²) in [5.41, 5.74) is 6.21. The van der Waals surface area contributed by atoms with Gasteiger partial charge in [0.05, 0.1) is 5.75 Å². The number of amides is 2. The third kappa shape index (κ3) is 4.13. The lowest BCUT2D eigenvalue weighted by molar-refractivity contribution is -0.113. The van der Waals surface area contributed by atoms with Crippen molar-refractivity contribution in [2.24, 2.45) is 5.73 Å². The Bertz CT molecular complexity index is 597. The first-order valence-electron chi connectivity index (χ1n) is 6.03. The molecule has 0 aliphatic carbocycles. The normalized spacial score (nSPS) is 10.0. The molecule has 0 heterocycles. The van der Waals surface area contributed by atoms with Crippen LogP contribution in [0.2, 0.25) is 0 Å². The first kappa shape index (κ1) is 14.1. The van der Waals surface area contributed by atoms with E-state index >= 15 is 0 Å². The number of carbonyl (C=O) groups is 2. The van der Waals surface area contributed by atoms with Crippen molar-refractivity contribution in [1.82, 2.24) is 0 Å². The lowest BCUT2D eigenvalue weighted by Crippen LogP contribution is -2.14. The molecule has 0 aliphatic heterocycles. The third-order valence-electron chi connectivity index (χ3n) is 2.57. The Kier molecular flexibility index (Phi) is 4.79. The van der Waals surface area contributed by atoms with Gasteiger partial charge in [-0.25, -0.2) is 0 Å². The van der Waals surface area contributed by atoms with Crippen LogP contribution in [0.3, 0.4) is 0 Å². The molecule has 0 aromatic heterocycles. The lowest BCUT2D eigenvalue weighted by Gasteiger charge is -2.05. The molecule has 0 fully saturated rings. The van der Waals surface area contributed by atoms with Gasteiger partial charge in [-0.15, -0.1) is 11.8 Å². The number of anilines is 1. The standard InChI is InChI=1S/C15H14N2O2S/c16-15(19)11-6-8-12(9-7-11)17-14(18)10-20-13-4-2-1-3-5-13/h1-9H,10H2,(H2,16,19)(H,17,18). The summed E-state index contributed by atoms with van der Waals surface area (Å²) in [6.07, 6.45) is 0. The number of rotatable bonds is 5. The van der Waals surface area contributed by atoms with Gasteiger partial charge in [-0.3, -0.25) is 9.59 Å². The van der Waals surface area contributed by atoms with Crippen molar-refractivity contribution in [1.29, 1.82) is 0 Å². The van der Waals surface area contributed by atoms with Crippen LogP contribution in [0.15, 0.2) is 59.5 Å². The average molecular weight is 286 g/mol. The Morgan fingerprint density at radius 3 is 2.25 bits per heavy atom. The predicted octanol–water partition coefficient (Wildman–Crippen LogP) is 2.52. The molecule has 4 nitrogen and oxygen atoms in total. The summed E-state index contributed by atoms with van der Waals surface area (Å²) in [6, 6.07) is 16.2. The molecule has 2 aromatic carbocycles. The largest absolute Gasteiger partial charge is 0.366 e. The topological polar surface area (TPSA) is 72.2 Å². The number of hydrogen-bond donors (Lipinski definition) is 2. The summed E-state index contributed by atoms with van der Waals surface area (Å²) in [5, 5.41) is 2.77. The number of carbonyl (C=O) groups excluding carboxylic acids is 2. The Morgan fingerprint density at radius 2 is 1.65 bits per heavy atom. The summed E-state index contributed by atoms with van der Waals surface area (Å²) in [5.74, 6) is -0.241. The molecule has 102 valence electrons. The summed E-state index contributed by atoms with van der Waals surface area (Å²) < 4.78 is 0. The maximum absolute atomic E-state index is 11.8. The van der Waals surface area contributed by atoms with Crippen molar-refractivity contribution in [3.8, 4) is 0 Å². The van der Waals surface area contributed by atoms with Gasteiger partial charge in [0.25, 0.3) is 0 Å². The van der Waals surface area contributed by atoms with Gasteiger partial charge in [0, 0.05) is 16.1 Å². The highest BCUT2D eigenvalue weighted by Crippen LogP contribution is 2.17. The molecule has 0 aliphatic rings. The van der Waals surface area contributed by atoms with E-state index in [1.165, 1.54) is 11.8 Å². The SMILES string of the molecule is NC(=O)c1ccc(NC(=O)CSc2ccccc2)cc1. The van der Waals surface area contributed by atoms with E-state index in [4.69, 9.17) is 5.73 Å². The van der Waals surface area contributed by atoms with E-state index in [0.29, 0.717) is 17.0 Å².